The molecular formula is C11H11ClF2O3. The summed E-state index contributed by atoms with van der Waals surface area (Å²) in [7, 11) is 0. The van der Waals surface area contributed by atoms with Gasteiger partial charge in [0.25, 0.3) is 0 Å². The average Bonchev–Trinajstić information content (AvgIpc) is 2.33. The number of esters is 1. The van der Waals surface area contributed by atoms with Gasteiger partial charge in [-0.2, -0.15) is 0 Å². The highest BCUT2D eigenvalue weighted by molar-refractivity contribution is 6.33. The lowest BCUT2D eigenvalue weighted by Crippen LogP contribution is -2.08. The zero-order valence-electron chi connectivity index (χ0n) is 8.92. The molecule has 0 aliphatic heterocycles. The number of alkyl halides is 2. The quantitative estimate of drug-likeness (QED) is 0.741. The van der Waals surface area contributed by atoms with Crippen molar-refractivity contribution >= 4 is 17.6 Å². The van der Waals surface area contributed by atoms with E-state index in [9.17, 15) is 13.6 Å². The van der Waals surface area contributed by atoms with Crippen molar-refractivity contribution in [2.75, 3.05) is 26.6 Å². The van der Waals surface area contributed by atoms with Crippen molar-refractivity contribution in [2.45, 2.75) is 0 Å². The van der Waals surface area contributed by atoms with Crippen molar-refractivity contribution in [3.05, 3.63) is 28.8 Å². The van der Waals surface area contributed by atoms with Crippen LogP contribution in [0.4, 0.5) is 8.78 Å². The predicted molar refractivity (Wildman–Crippen MR) is 59.2 cm³/mol. The second-order valence-corrected chi connectivity index (χ2v) is 3.41. The molecule has 0 aliphatic rings. The van der Waals surface area contributed by atoms with Crippen molar-refractivity contribution in [3.63, 3.8) is 0 Å². The maximum absolute atomic E-state index is 11.9. The number of halogens is 3. The van der Waals surface area contributed by atoms with Crippen LogP contribution >= 0.6 is 11.6 Å². The largest absolute Gasteiger partial charge is 0.491 e. The zero-order chi connectivity index (χ0) is 12.7. The molecule has 0 aromatic heterocycles. The molecule has 0 atom stereocenters. The SMILES string of the molecule is O=C(OCCF)c1ccc(OCCF)cc1Cl. The third-order valence-electron chi connectivity index (χ3n) is 1.82. The molecule has 17 heavy (non-hydrogen) atoms. The first-order valence-electron chi connectivity index (χ1n) is 4.90. The fourth-order valence-corrected chi connectivity index (χ4v) is 1.36. The third-order valence-corrected chi connectivity index (χ3v) is 2.13. The molecule has 3 nitrogen and oxygen atoms in total. The maximum atomic E-state index is 11.9. The Morgan fingerprint density at radius 3 is 2.53 bits per heavy atom. The van der Waals surface area contributed by atoms with Gasteiger partial charge < -0.3 is 9.47 Å². The maximum Gasteiger partial charge on any atom is 0.339 e. The van der Waals surface area contributed by atoms with E-state index in [2.05, 4.69) is 4.74 Å². The van der Waals surface area contributed by atoms with Gasteiger partial charge >= 0.3 is 5.97 Å². The molecule has 1 rings (SSSR count). The van der Waals surface area contributed by atoms with E-state index in [1.807, 2.05) is 0 Å². The second-order valence-electron chi connectivity index (χ2n) is 3.00. The Morgan fingerprint density at radius 2 is 1.94 bits per heavy atom. The molecular weight excluding hydrogens is 254 g/mol. The van der Waals surface area contributed by atoms with Crippen molar-refractivity contribution < 1.29 is 23.0 Å². The van der Waals surface area contributed by atoms with Crippen LogP contribution in [0, 0.1) is 0 Å². The molecule has 1 aromatic carbocycles. The van der Waals surface area contributed by atoms with E-state index in [0.717, 1.165) is 0 Å². The first kappa shape index (κ1) is 13.7. The van der Waals surface area contributed by atoms with E-state index in [1.165, 1.54) is 18.2 Å². The minimum atomic E-state index is -0.749. The molecule has 0 aliphatic carbocycles. The topological polar surface area (TPSA) is 35.5 Å². The molecule has 94 valence electrons. The van der Waals surface area contributed by atoms with Crippen LogP contribution in [0.1, 0.15) is 10.4 Å². The van der Waals surface area contributed by atoms with Crippen molar-refractivity contribution in [1.29, 1.82) is 0 Å². The van der Waals surface area contributed by atoms with Crippen LogP contribution in [0.2, 0.25) is 5.02 Å². The molecule has 1 aromatic rings. The van der Waals surface area contributed by atoms with Gasteiger partial charge in [-0.3, -0.25) is 0 Å². The number of carbonyl (C=O) groups excluding carboxylic acids is 1. The highest BCUT2D eigenvalue weighted by atomic mass is 35.5. The number of hydrogen-bond acceptors (Lipinski definition) is 3. The van der Waals surface area contributed by atoms with Crippen LogP contribution in [0.3, 0.4) is 0 Å². The van der Waals surface area contributed by atoms with Gasteiger partial charge in [-0.15, -0.1) is 0 Å². The summed E-state index contributed by atoms with van der Waals surface area (Å²) in [5.74, 6) is -0.348. The smallest absolute Gasteiger partial charge is 0.339 e. The first-order valence-corrected chi connectivity index (χ1v) is 5.28. The fraction of sp³-hybridized carbons (Fsp3) is 0.364. The predicted octanol–water partition coefficient (Wildman–Crippen LogP) is 2.81. The zero-order valence-corrected chi connectivity index (χ0v) is 9.68. The van der Waals surface area contributed by atoms with Crippen molar-refractivity contribution in [3.8, 4) is 5.75 Å². The van der Waals surface area contributed by atoms with E-state index in [4.69, 9.17) is 16.3 Å². The van der Waals surface area contributed by atoms with E-state index in [-0.39, 0.29) is 23.8 Å². The Balaban J connectivity index is 2.71. The van der Waals surface area contributed by atoms with Gasteiger partial charge in [-0.1, -0.05) is 11.6 Å². The molecule has 0 spiro atoms. The number of benzene rings is 1. The molecule has 0 radical (unpaired) electrons. The summed E-state index contributed by atoms with van der Waals surface area (Å²) in [5.41, 5.74) is 0.118. The lowest BCUT2D eigenvalue weighted by Gasteiger charge is -2.07. The molecule has 0 amide bonds. The van der Waals surface area contributed by atoms with E-state index in [1.54, 1.807) is 0 Å². The Morgan fingerprint density at radius 1 is 1.24 bits per heavy atom. The Kier molecular flexibility index (Phi) is 5.69. The normalized spacial score (nSPS) is 10.1. The Bertz CT molecular complexity index is 385. The summed E-state index contributed by atoms with van der Waals surface area (Å²) in [4.78, 5) is 11.4. The Labute approximate surface area is 102 Å². The molecule has 0 saturated carbocycles. The van der Waals surface area contributed by atoms with Gasteiger partial charge in [-0.05, 0) is 18.2 Å². The van der Waals surface area contributed by atoms with Gasteiger partial charge in [0.1, 0.15) is 32.3 Å². The monoisotopic (exact) mass is 264 g/mol. The van der Waals surface area contributed by atoms with E-state index in [0.29, 0.717) is 5.75 Å². The van der Waals surface area contributed by atoms with E-state index >= 15 is 0 Å². The highest BCUT2D eigenvalue weighted by Crippen LogP contribution is 2.23. The summed E-state index contributed by atoms with van der Waals surface area (Å²) in [6.07, 6.45) is 0. The fourth-order valence-electron chi connectivity index (χ4n) is 1.12. The van der Waals surface area contributed by atoms with Crippen LogP contribution in [0.15, 0.2) is 18.2 Å². The third kappa shape index (κ3) is 4.19. The molecule has 6 heteroatoms. The van der Waals surface area contributed by atoms with Crippen LogP contribution < -0.4 is 4.74 Å². The standard InChI is InChI=1S/C11H11ClF2O3/c12-10-7-8(16-5-3-13)1-2-9(10)11(15)17-6-4-14/h1-2,7H,3-6H2. The number of rotatable bonds is 6. The molecule has 0 N–H and O–H groups in total. The lowest BCUT2D eigenvalue weighted by atomic mass is 10.2. The Hall–Kier alpha value is -1.36. The summed E-state index contributed by atoms with van der Waals surface area (Å²) in [6.45, 7) is -1.75. The summed E-state index contributed by atoms with van der Waals surface area (Å²) < 4.78 is 33.2. The van der Waals surface area contributed by atoms with Gasteiger partial charge in [0.05, 0.1) is 10.6 Å². The van der Waals surface area contributed by atoms with Crippen LogP contribution in [0.5, 0.6) is 5.75 Å². The lowest BCUT2D eigenvalue weighted by molar-refractivity contribution is 0.0481. The molecule has 0 fully saturated rings. The number of carbonyl (C=O) groups is 1. The second kappa shape index (κ2) is 7.06. The van der Waals surface area contributed by atoms with Gasteiger partial charge in [0, 0.05) is 0 Å². The number of ether oxygens (including phenoxy) is 2. The summed E-state index contributed by atoms with van der Waals surface area (Å²) in [5, 5.41) is 0.116. The summed E-state index contributed by atoms with van der Waals surface area (Å²) in [6, 6.07) is 4.23. The van der Waals surface area contributed by atoms with Crippen LogP contribution in [-0.4, -0.2) is 32.5 Å². The van der Waals surface area contributed by atoms with Gasteiger partial charge in [0.2, 0.25) is 0 Å². The van der Waals surface area contributed by atoms with Crippen molar-refractivity contribution in [1.82, 2.24) is 0 Å². The average molecular weight is 265 g/mol. The minimum Gasteiger partial charge on any atom is -0.491 e. The first-order chi connectivity index (χ1) is 8.19. The van der Waals surface area contributed by atoms with Gasteiger partial charge in [0.15, 0.2) is 0 Å². The molecule has 0 heterocycles. The highest BCUT2D eigenvalue weighted by Gasteiger charge is 2.12. The molecule has 0 bridgehead atoms. The van der Waals surface area contributed by atoms with Crippen LogP contribution in [-0.2, 0) is 4.74 Å². The molecule has 0 saturated heterocycles. The van der Waals surface area contributed by atoms with Gasteiger partial charge in [-0.25, -0.2) is 13.6 Å². The summed E-state index contributed by atoms with van der Waals surface area (Å²) >= 11 is 5.81. The van der Waals surface area contributed by atoms with E-state index < -0.39 is 19.3 Å². The molecule has 0 unspecified atom stereocenters. The van der Waals surface area contributed by atoms with Crippen molar-refractivity contribution in [2.24, 2.45) is 0 Å². The number of hydrogen-bond donors (Lipinski definition) is 0. The van der Waals surface area contributed by atoms with Crippen LogP contribution in [0.25, 0.3) is 0 Å². The minimum absolute atomic E-state index is 0.0814.